The van der Waals surface area contributed by atoms with Crippen molar-refractivity contribution in [1.82, 2.24) is 4.90 Å². The number of piperidine rings is 1. The summed E-state index contributed by atoms with van der Waals surface area (Å²) < 4.78 is 28.7. The number of ether oxygens (including phenoxy) is 5. The largest absolute Gasteiger partial charge is 0.488 e. The van der Waals surface area contributed by atoms with Crippen molar-refractivity contribution in [1.29, 1.82) is 0 Å². The molecule has 7 heteroatoms. The van der Waals surface area contributed by atoms with Crippen LogP contribution >= 0.6 is 0 Å². The van der Waals surface area contributed by atoms with Gasteiger partial charge in [-0.25, -0.2) is 4.79 Å². The maximum atomic E-state index is 12.5. The lowest BCUT2D eigenvalue weighted by atomic mass is 10.0. The number of benzene rings is 2. The van der Waals surface area contributed by atoms with Gasteiger partial charge in [0.05, 0.1) is 19.8 Å². The van der Waals surface area contributed by atoms with Crippen LogP contribution in [0.15, 0.2) is 54.6 Å². The molecular formula is C25H33NO6. The molecule has 1 amide bonds. The van der Waals surface area contributed by atoms with Gasteiger partial charge in [0, 0.05) is 20.1 Å². The Morgan fingerprint density at radius 1 is 0.938 bits per heavy atom. The second-order valence-electron chi connectivity index (χ2n) is 8.66. The van der Waals surface area contributed by atoms with Gasteiger partial charge in [-0.1, -0.05) is 18.2 Å². The number of hydrogen-bond donors (Lipinski definition) is 0. The maximum Gasteiger partial charge on any atom is 0.410 e. The molecule has 2 aromatic rings. The summed E-state index contributed by atoms with van der Waals surface area (Å²) in [4.78, 5) is 14.2. The smallest absolute Gasteiger partial charge is 0.410 e. The van der Waals surface area contributed by atoms with Crippen LogP contribution in [0.3, 0.4) is 0 Å². The molecule has 0 bridgehead atoms. The standard InChI is InChI=1S/C25H33NO6/c1-25(2,3)32-24(27)26-15-14-22(23(18-26)29-17-16-28-4)31-21-12-10-20(11-13-21)30-19-8-6-5-7-9-19/h5-13,22-23H,14-18H2,1-4H3/t22-,23-/m0/s1. The van der Waals surface area contributed by atoms with Crippen molar-refractivity contribution in [2.24, 2.45) is 0 Å². The molecule has 1 aliphatic rings. The van der Waals surface area contributed by atoms with Gasteiger partial charge in [-0.3, -0.25) is 0 Å². The zero-order chi connectivity index (χ0) is 23.0. The summed E-state index contributed by atoms with van der Waals surface area (Å²) in [6.07, 6.45) is -0.170. The minimum absolute atomic E-state index is 0.188. The Bertz CT molecular complexity index is 834. The van der Waals surface area contributed by atoms with Crippen LogP contribution in [0.1, 0.15) is 27.2 Å². The number of rotatable bonds is 8. The SMILES string of the molecule is COCCO[C@H]1CN(C(=O)OC(C)(C)C)CC[C@@H]1Oc1ccc(Oc2ccccc2)cc1. The molecule has 1 heterocycles. The Balaban J connectivity index is 1.61. The minimum Gasteiger partial charge on any atom is -0.488 e. The molecule has 1 saturated heterocycles. The van der Waals surface area contributed by atoms with E-state index in [1.807, 2.05) is 75.4 Å². The van der Waals surface area contributed by atoms with E-state index in [1.54, 1.807) is 12.0 Å². The van der Waals surface area contributed by atoms with Gasteiger partial charge in [-0.05, 0) is 57.2 Å². The fourth-order valence-electron chi connectivity index (χ4n) is 3.35. The first-order valence-corrected chi connectivity index (χ1v) is 10.9. The Morgan fingerprint density at radius 3 is 2.25 bits per heavy atom. The predicted molar refractivity (Wildman–Crippen MR) is 121 cm³/mol. The highest BCUT2D eigenvalue weighted by Gasteiger charge is 2.35. The zero-order valence-corrected chi connectivity index (χ0v) is 19.3. The lowest BCUT2D eigenvalue weighted by molar-refractivity contribution is -0.0808. The summed E-state index contributed by atoms with van der Waals surface area (Å²) >= 11 is 0. The molecule has 1 aliphatic heterocycles. The molecule has 0 aromatic heterocycles. The van der Waals surface area contributed by atoms with Crippen molar-refractivity contribution in [2.75, 3.05) is 33.4 Å². The van der Waals surface area contributed by atoms with Crippen LogP contribution in [0.2, 0.25) is 0 Å². The number of likely N-dealkylation sites (tertiary alicyclic amines) is 1. The normalized spacial score (nSPS) is 18.8. The molecule has 0 spiro atoms. The van der Waals surface area contributed by atoms with E-state index in [9.17, 15) is 4.79 Å². The summed E-state index contributed by atoms with van der Waals surface area (Å²) in [5.41, 5.74) is -0.541. The van der Waals surface area contributed by atoms with E-state index in [2.05, 4.69) is 0 Å². The van der Waals surface area contributed by atoms with Crippen molar-refractivity contribution in [3.63, 3.8) is 0 Å². The molecule has 32 heavy (non-hydrogen) atoms. The van der Waals surface area contributed by atoms with Crippen LogP contribution in [0.4, 0.5) is 4.79 Å². The fourth-order valence-corrected chi connectivity index (χ4v) is 3.35. The van der Waals surface area contributed by atoms with Crippen LogP contribution in [-0.4, -0.2) is 62.2 Å². The summed E-state index contributed by atoms with van der Waals surface area (Å²) in [5, 5.41) is 0. The van der Waals surface area contributed by atoms with Gasteiger partial charge in [0.15, 0.2) is 0 Å². The first-order valence-electron chi connectivity index (χ1n) is 10.9. The second-order valence-corrected chi connectivity index (χ2v) is 8.66. The monoisotopic (exact) mass is 443 g/mol. The van der Waals surface area contributed by atoms with Crippen LogP contribution in [0, 0.1) is 0 Å². The third-order valence-electron chi connectivity index (χ3n) is 4.86. The molecule has 0 N–H and O–H groups in total. The fraction of sp³-hybridized carbons (Fsp3) is 0.480. The zero-order valence-electron chi connectivity index (χ0n) is 19.3. The lowest BCUT2D eigenvalue weighted by Crippen LogP contribution is -2.53. The lowest BCUT2D eigenvalue weighted by Gasteiger charge is -2.38. The summed E-state index contributed by atoms with van der Waals surface area (Å²) in [6, 6.07) is 17.1. The van der Waals surface area contributed by atoms with E-state index < -0.39 is 5.60 Å². The maximum absolute atomic E-state index is 12.5. The highest BCUT2D eigenvalue weighted by atomic mass is 16.6. The molecule has 7 nitrogen and oxygen atoms in total. The number of hydrogen-bond acceptors (Lipinski definition) is 6. The highest BCUT2D eigenvalue weighted by Crippen LogP contribution is 2.27. The minimum atomic E-state index is -0.541. The second kappa shape index (κ2) is 11.2. The van der Waals surface area contributed by atoms with E-state index >= 15 is 0 Å². The van der Waals surface area contributed by atoms with E-state index in [1.165, 1.54) is 0 Å². The van der Waals surface area contributed by atoms with Crippen molar-refractivity contribution in [3.05, 3.63) is 54.6 Å². The molecule has 0 saturated carbocycles. The predicted octanol–water partition coefficient (Wildman–Crippen LogP) is 4.90. The topological polar surface area (TPSA) is 66.5 Å². The first-order chi connectivity index (χ1) is 15.3. The molecule has 3 rings (SSSR count). The molecule has 174 valence electrons. The number of carbonyl (C=O) groups is 1. The van der Waals surface area contributed by atoms with E-state index in [-0.39, 0.29) is 18.3 Å². The van der Waals surface area contributed by atoms with Crippen LogP contribution in [0.5, 0.6) is 17.2 Å². The molecule has 0 aliphatic carbocycles. The number of nitrogens with zero attached hydrogens (tertiary/aromatic N) is 1. The summed E-state index contributed by atoms with van der Waals surface area (Å²) in [7, 11) is 1.63. The quantitative estimate of drug-likeness (QED) is 0.541. The molecule has 0 unspecified atom stereocenters. The Morgan fingerprint density at radius 2 is 1.59 bits per heavy atom. The molecular weight excluding hydrogens is 410 g/mol. The van der Waals surface area contributed by atoms with Gasteiger partial charge in [-0.2, -0.15) is 0 Å². The number of amides is 1. The number of carbonyl (C=O) groups excluding carboxylic acids is 1. The average Bonchev–Trinajstić information content (AvgIpc) is 2.76. The molecule has 1 fully saturated rings. The van der Waals surface area contributed by atoms with E-state index in [4.69, 9.17) is 23.7 Å². The first kappa shape index (κ1) is 23.9. The Kier molecular flexibility index (Phi) is 8.36. The van der Waals surface area contributed by atoms with Crippen molar-refractivity contribution >= 4 is 6.09 Å². The van der Waals surface area contributed by atoms with Gasteiger partial charge in [0.2, 0.25) is 0 Å². The summed E-state index contributed by atoms with van der Waals surface area (Å²) in [6.45, 7) is 7.42. The third kappa shape index (κ3) is 7.43. The molecule has 2 atom stereocenters. The van der Waals surface area contributed by atoms with Gasteiger partial charge in [0.25, 0.3) is 0 Å². The Labute approximate surface area is 190 Å². The number of para-hydroxylation sites is 1. The molecule has 0 radical (unpaired) electrons. The van der Waals surface area contributed by atoms with Gasteiger partial charge in [-0.15, -0.1) is 0 Å². The Hall–Kier alpha value is -2.77. The highest BCUT2D eigenvalue weighted by molar-refractivity contribution is 5.68. The third-order valence-corrected chi connectivity index (χ3v) is 4.86. The van der Waals surface area contributed by atoms with Crippen LogP contribution in [0.25, 0.3) is 0 Å². The summed E-state index contributed by atoms with van der Waals surface area (Å²) in [5.74, 6) is 2.24. The van der Waals surface area contributed by atoms with Crippen molar-refractivity contribution < 1.29 is 28.5 Å². The number of methoxy groups -OCH3 is 1. The van der Waals surface area contributed by atoms with Gasteiger partial charge >= 0.3 is 6.09 Å². The van der Waals surface area contributed by atoms with Crippen molar-refractivity contribution in [2.45, 2.75) is 45.0 Å². The van der Waals surface area contributed by atoms with Crippen LogP contribution < -0.4 is 9.47 Å². The van der Waals surface area contributed by atoms with Gasteiger partial charge < -0.3 is 28.6 Å². The van der Waals surface area contributed by atoms with Crippen molar-refractivity contribution in [3.8, 4) is 17.2 Å². The molecule has 2 aromatic carbocycles. The van der Waals surface area contributed by atoms with Gasteiger partial charge in [0.1, 0.15) is 35.1 Å². The van der Waals surface area contributed by atoms with E-state index in [0.29, 0.717) is 32.7 Å². The van der Waals surface area contributed by atoms with Crippen LogP contribution in [-0.2, 0) is 14.2 Å². The average molecular weight is 444 g/mol. The van der Waals surface area contributed by atoms with E-state index in [0.717, 1.165) is 17.2 Å².